The van der Waals surface area contributed by atoms with E-state index in [1.807, 2.05) is 29.8 Å². The van der Waals surface area contributed by atoms with Crippen molar-refractivity contribution in [3.8, 4) is 0 Å². The van der Waals surface area contributed by atoms with Crippen LogP contribution in [0.15, 0.2) is 41.9 Å². The minimum Gasteiger partial charge on any atom is -0.475 e. The molecule has 0 saturated carbocycles. The number of nitrogens with zero attached hydrogens (tertiary/aromatic N) is 3. The molecule has 2 saturated heterocycles. The Labute approximate surface area is 217 Å². The molecule has 1 unspecified atom stereocenters. The summed E-state index contributed by atoms with van der Waals surface area (Å²) in [6.07, 6.45) is -4.76. The number of hydrogen-bond donors (Lipinski definition) is 2. The fourth-order valence-corrected chi connectivity index (χ4v) is 4.84. The molecule has 1 atom stereocenters. The first-order chi connectivity index (χ1) is 17.6. The maximum atomic E-state index is 12.7. The Bertz CT molecular complexity index is 1040. The fourth-order valence-electron chi connectivity index (χ4n) is 4.15. The Morgan fingerprint density at radius 2 is 1.55 bits per heavy atom. The van der Waals surface area contributed by atoms with Crippen molar-refractivity contribution in [1.82, 2.24) is 14.8 Å². The lowest BCUT2D eigenvalue weighted by atomic mass is 9.79. The van der Waals surface area contributed by atoms with Gasteiger partial charge in [-0.2, -0.15) is 26.3 Å². The van der Waals surface area contributed by atoms with Gasteiger partial charge >= 0.3 is 24.3 Å². The Kier molecular flexibility index (Phi) is 10.6. The first kappa shape index (κ1) is 31.0. The second kappa shape index (κ2) is 13.0. The number of alkyl halides is 6. The lowest BCUT2D eigenvalue weighted by Crippen LogP contribution is -2.47. The molecule has 15 heteroatoms. The molecule has 0 aliphatic carbocycles. The van der Waals surface area contributed by atoms with Gasteiger partial charge in [-0.25, -0.2) is 9.59 Å². The molecule has 4 heterocycles. The number of halogens is 6. The first-order valence-electron chi connectivity index (χ1n) is 11.2. The van der Waals surface area contributed by atoms with Gasteiger partial charge in [0.15, 0.2) is 0 Å². The molecule has 2 aromatic rings. The van der Waals surface area contributed by atoms with Crippen molar-refractivity contribution in [3.63, 3.8) is 0 Å². The molecule has 2 aromatic heterocycles. The van der Waals surface area contributed by atoms with Crippen LogP contribution in [0.2, 0.25) is 0 Å². The van der Waals surface area contributed by atoms with Gasteiger partial charge in [0, 0.05) is 37.8 Å². The molecule has 4 rings (SSSR count). The van der Waals surface area contributed by atoms with Crippen LogP contribution in [-0.2, 0) is 16.1 Å². The summed E-state index contributed by atoms with van der Waals surface area (Å²) in [4.78, 5) is 40.4. The normalized spacial score (nSPS) is 19.7. The van der Waals surface area contributed by atoms with Crippen LogP contribution in [-0.4, -0.2) is 81.4 Å². The summed E-state index contributed by atoms with van der Waals surface area (Å²) in [7, 11) is 0. The summed E-state index contributed by atoms with van der Waals surface area (Å²) < 4.78 is 63.5. The van der Waals surface area contributed by atoms with Gasteiger partial charge < -0.3 is 15.1 Å². The highest BCUT2D eigenvalue weighted by atomic mass is 32.1. The molecule has 1 amide bonds. The number of aliphatic carboxylic acids is 2. The van der Waals surface area contributed by atoms with Crippen LogP contribution in [0.1, 0.15) is 34.6 Å². The van der Waals surface area contributed by atoms with Crippen molar-refractivity contribution < 1.29 is 50.9 Å². The number of rotatable bonds is 3. The number of likely N-dealkylation sites (tertiary alicyclic amines) is 2. The van der Waals surface area contributed by atoms with E-state index in [-0.39, 0.29) is 11.3 Å². The lowest BCUT2D eigenvalue weighted by Gasteiger charge is -2.40. The SMILES string of the molecule is O=C(O)C(F)(F)F.O=C(O)C(F)(F)F.O=C(c1cccs1)N1CCCC2(CCN(Cc3ccccn3)C2)C1. The monoisotopic (exact) mass is 569 g/mol. The number of carboxylic acids is 2. The third-order valence-corrected chi connectivity index (χ3v) is 6.65. The smallest absolute Gasteiger partial charge is 0.475 e. The molecule has 2 aliphatic rings. The Morgan fingerprint density at radius 1 is 0.921 bits per heavy atom. The summed E-state index contributed by atoms with van der Waals surface area (Å²) in [5.74, 6) is -5.30. The van der Waals surface area contributed by atoms with Gasteiger partial charge in [-0.1, -0.05) is 12.1 Å². The van der Waals surface area contributed by atoms with Crippen LogP contribution in [0, 0.1) is 5.41 Å². The third-order valence-electron chi connectivity index (χ3n) is 5.79. The lowest BCUT2D eigenvalue weighted by molar-refractivity contribution is -0.193. The molecule has 2 fully saturated rings. The van der Waals surface area contributed by atoms with E-state index in [0.717, 1.165) is 49.7 Å². The van der Waals surface area contributed by atoms with E-state index in [9.17, 15) is 31.1 Å². The predicted molar refractivity (Wildman–Crippen MR) is 123 cm³/mol. The van der Waals surface area contributed by atoms with Crippen molar-refractivity contribution in [2.45, 2.75) is 38.2 Å². The van der Waals surface area contributed by atoms with Gasteiger partial charge in [-0.15, -0.1) is 11.3 Å². The average Bonchev–Trinajstić information content (AvgIpc) is 3.50. The number of thiophene rings is 1. The zero-order valence-electron chi connectivity index (χ0n) is 19.8. The van der Waals surface area contributed by atoms with Crippen LogP contribution in [0.4, 0.5) is 26.3 Å². The highest BCUT2D eigenvalue weighted by Crippen LogP contribution is 2.39. The minimum atomic E-state index is -5.08. The third kappa shape index (κ3) is 9.59. The number of carbonyl (C=O) groups excluding carboxylic acids is 1. The number of amides is 1. The Balaban J connectivity index is 0.000000301. The maximum Gasteiger partial charge on any atom is 0.490 e. The topological polar surface area (TPSA) is 111 Å². The second-order valence-electron chi connectivity index (χ2n) is 8.70. The van der Waals surface area contributed by atoms with Gasteiger partial charge in [-0.3, -0.25) is 14.7 Å². The van der Waals surface area contributed by atoms with Crippen LogP contribution >= 0.6 is 11.3 Å². The molecule has 0 radical (unpaired) electrons. The highest BCUT2D eigenvalue weighted by Gasteiger charge is 2.42. The van der Waals surface area contributed by atoms with Crippen LogP contribution in [0.5, 0.6) is 0 Å². The van der Waals surface area contributed by atoms with Crippen molar-refractivity contribution in [2.24, 2.45) is 5.41 Å². The van der Waals surface area contributed by atoms with Crippen molar-refractivity contribution in [2.75, 3.05) is 26.2 Å². The van der Waals surface area contributed by atoms with E-state index >= 15 is 0 Å². The molecule has 0 bridgehead atoms. The number of carbonyl (C=O) groups is 3. The summed E-state index contributed by atoms with van der Waals surface area (Å²) in [5.41, 5.74) is 1.41. The van der Waals surface area contributed by atoms with Gasteiger partial charge in [0.05, 0.1) is 10.6 Å². The van der Waals surface area contributed by atoms with Crippen LogP contribution in [0.3, 0.4) is 0 Å². The zero-order valence-corrected chi connectivity index (χ0v) is 20.7. The van der Waals surface area contributed by atoms with E-state index in [4.69, 9.17) is 19.8 Å². The van der Waals surface area contributed by atoms with E-state index in [1.165, 1.54) is 12.8 Å². The molecule has 2 aliphatic heterocycles. The molecule has 2 N–H and O–H groups in total. The van der Waals surface area contributed by atoms with E-state index in [0.29, 0.717) is 0 Å². The van der Waals surface area contributed by atoms with E-state index in [2.05, 4.69) is 26.9 Å². The highest BCUT2D eigenvalue weighted by molar-refractivity contribution is 7.12. The van der Waals surface area contributed by atoms with Gasteiger partial charge in [0.25, 0.3) is 5.91 Å². The quantitative estimate of drug-likeness (QED) is 0.523. The Hall–Kier alpha value is -3.20. The van der Waals surface area contributed by atoms with Crippen LogP contribution in [0.25, 0.3) is 0 Å². The summed E-state index contributed by atoms with van der Waals surface area (Å²) in [6.45, 7) is 4.91. The summed E-state index contributed by atoms with van der Waals surface area (Å²) in [5, 5.41) is 16.2. The van der Waals surface area contributed by atoms with Gasteiger partial charge in [-0.05, 0) is 49.4 Å². The first-order valence-corrected chi connectivity index (χ1v) is 12.1. The van der Waals surface area contributed by atoms with Crippen LogP contribution < -0.4 is 0 Å². The van der Waals surface area contributed by atoms with Gasteiger partial charge in [0.2, 0.25) is 0 Å². The summed E-state index contributed by atoms with van der Waals surface area (Å²) in [6, 6.07) is 10.0. The molecule has 210 valence electrons. The minimum absolute atomic E-state index is 0.215. The Morgan fingerprint density at radius 3 is 2.05 bits per heavy atom. The molecule has 0 aromatic carbocycles. The van der Waals surface area contributed by atoms with Crippen molar-refractivity contribution in [3.05, 3.63) is 52.5 Å². The largest absolute Gasteiger partial charge is 0.490 e. The predicted octanol–water partition coefficient (Wildman–Crippen LogP) is 4.54. The van der Waals surface area contributed by atoms with Crippen molar-refractivity contribution in [1.29, 1.82) is 0 Å². The molecule has 8 nitrogen and oxygen atoms in total. The maximum absolute atomic E-state index is 12.7. The molecule has 1 spiro atoms. The molecule has 38 heavy (non-hydrogen) atoms. The molecular weight excluding hydrogens is 544 g/mol. The van der Waals surface area contributed by atoms with E-state index < -0.39 is 24.3 Å². The fraction of sp³-hybridized carbons (Fsp3) is 0.478. The number of aromatic nitrogens is 1. The second-order valence-corrected chi connectivity index (χ2v) is 9.64. The van der Waals surface area contributed by atoms with E-state index in [1.54, 1.807) is 11.3 Å². The number of carboxylic acid groups (broad SMARTS) is 2. The zero-order chi connectivity index (χ0) is 28.6. The average molecular weight is 570 g/mol. The number of pyridine rings is 1. The number of piperidine rings is 1. The number of hydrogen-bond acceptors (Lipinski definition) is 6. The van der Waals surface area contributed by atoms with Crippen molar-refractivity contribution >= 4 is 29.2 Å². The van der Waals surface area contributed by atoms with Gasteiger partial charge in [0.1, 0.15) is 0 Å². The summed E-state index contributed by atoms with van der Waals surface area (Å²) >= 11 is 1.55. The standard InChI is InChI=1S/C19H23N3OS.2C2HF3O2/c23-18(17-6-3-12-24-17)22-10-4-7-19(15-22)8-11-21(14-19)13-16-5-1-2-9-20-16;2*3-2(4,5)1(6)7/h1-3,5-6,9,12H,4,7-8,10-11,13-15H2;2*(H,6,7). The molecular formula is C23H25F6N3O5S.